The summed E-state index contributed by atoms with van der Waals surface area (Å²) in [6.07, 6.45) is 0.810. The third-order valence-electron chi connectivity index (χ3n) is 2.38. The van der Waals surface area contributed by atoms with E-state index in [1.165, 1.54) is 0 Å². The predicted molar refractivity (Wildman–Crippen MR) is 79.0 cm³/mol. The number of nitrogens with one attached hydrogen (secondary N) is 2. The molecule has 19 heavy (non-hydrogen) atoms. The molecule has 104 valence electrons. The fourth-order valence-electron chi connectivity index (χ4n) is 1.40. The van der Waals surface area contributed by atoms with E-state index in [1.807, 2.05) is 19.0 Å². The van der Waals surface area contributed by atoms with Crippen molar-refractivity contribution in [3.05, 3.63) is 28.7 Å². The van der Waals surface area contributed by atoms with Crippen LogP contribution in [0.2, 0.25) is 0 Å². The maximum absolute atomic E-state index is 11.6. The molecule has 0 bridgehead atoms. The van der Waals surface area contributed by atoms with E-state index in [9.17, 15) is 9.59 Å². The van der Waals surface area contributed by atoms with Crippen molar-refractivity contribution in [3.63, 3.8) is 0 Å². The highest BCUT2D eigenvalue weighted by atomic mass is 79.9. The number of rotatable bonds is 5. The van der Waals surface area contributed by atoms with Crippen LogP contribution < -0.4 is 10.6 Å². The lowest BCUT2D eigenvalue weighted by molar-refractivity contribution is -0.136. The molecule has 1 rings (SSSR count). The van der Waals surface area contributed by atoms with Gasteiger partial charge in [-0.05, 0) is 51.3 Å². The van der Waals surface area contributed by atoms with E-state index in [1.54, 1.807) is 24.3 Å². The molecule has 0 saturated heterocycles. The molecule has 1 aromatic carbocycles. The zero-order valence-electron chi connectivity index (χ0n) is 11.1. The summed E-state index contributed by atoms with van der Waals surface area (Å²) in [5.74, 6) is -1.26. The minimum Gasteiger partial charge on any atom is -0.348 e. The van der Waals surface area contributed by atoms with Crippen LogP contribution in [0, 0.1) is 0 Å². The summed E-state index contributed by atoms with van der Waals surface area (Å²) >= 11 is 3.30. The number of anilines is 1. The Morgan fingerprint density at radius 3 is 2.37 bits per heavy atom. The van der Waals surface area contributed by atoms with Gasteiger partial charge in [0.05, 0.1) is 0 Å². The van der Waals surface area contributed by atoms with Crippen molar-refractivity contribution >= 4 is 33.4 Å². The van der Waals surface area contributed by atoms with Crippen molar-refractivity contribution in [2.45, 2.75) is 6.42 Å². The first-order valence-corrected chi connectivity index (χ1v) is 6.78. The molecular weight excluding hydrogens is 310 g/mol. The minimum atomic E-state index is -0.646. The number of amides is 2. The summed E-state index contributed by atoms with van der Waals surface area (Å²) in [4.78, 5) is 25.1. The summed E-state index contributed by atoms with van der Waals surface area (Å²) in [6, 6.07) is 7.04. The number of carbonyl (C=O) groups is 2. The second-order valence-corrected chi connectivity index (χ2v) is 5.29. The second-order valence-electron chi connectivity index (χ2n) is 4.37. The van der Waals surface area contributed by atoms with E-state index >= 15 is 0 Å². The Balaban J connectivity index is 2.32. The largest absolute Gasteiger partial charge is 0.348 e. The molecule has 0 fully saturated rings. The Morgan fingerprint density at radius 1 is 1.16 bits per heavy atom. The van der Waals surface area contributed by atoms with Gasteiger partial charge < -0.3 is 15.5 Å². The summed E-state index contributed by atoms with van der Waals surface area (Å²) in [5, 5.41) is 5.12. The minimum absolute atomic E-state index is 0.491. The van der Waals surface area contributed by atoms with Gasteiger partial charge in [0.2, 0.25) is 0 Å². The van der Waals surface area contributed by atoms with Crippen LogP contribution in [0.1, 0.15) is 6.42 Å². The van der Waals surface area contributed by atoms with Gasteiger partial charge in [-0.2, -0.15) is 0 Å². The Hall–Kier alpha value is -1.40. The van der Waals surface area contributed by atoms with Gasteiger partial charge in [0.25, 0.3) is 0 Å². The maximum atomic E-state index is 11.6. The summed E-state index contributed by atoms with van der Waals surface area (Å²) < 4.78 is 0.915. The van der Waals surface area contributed by atoms with Crippen LogP contribution in [0.3, 0.4) is 0 Å². The highest BCUT2D eigenvalue weighted by Gasteiger charge is 2.12. The third kappa shape index (κ3) is 6.35. The van der Waals surface area contributed by atoms with Crippen LogP contribution in [0.4, 0.5) is 5.69 Å². The number of benzene rings is 1. The van der Waals surface area contributed by atoms with Crippen LogP contribution >= 0.6 is 15.9 Å². The van der Waals surface area contributed by atoms with Crippen LogP contribution in [-0.4, -0.2) is 43.9 Å². The van der Waals surface area contributed by atoms with E-state index in [0.29, 0.717) is 12.2 Å². The average molecular weight is 328 g/mol. The summed E-state index contributed by atoms with van der Waals surface area (Å²) in [7, 11) is 3.92. The fourth-order valence-corrected chi connectivity index (χ4v) is 1.66. The Morgan fingerprint density at radius 2 is 1.79 bits per heavy atom. The molecule has 0 atom stereocenters. The van der Waals surface area contributed by atoms with Gasteiger partial charge in [-0.25, -0.2) is 0 Å². The van der Waals surface area contributed by atoms with Gasteiger partial charge >= 0.3 is 11.8 Å². The van der Waals surface area contributed by atoms with Gasteiger partial charge in [0.1, 0.15) is 0 Å². The average Bonchev–Trinajstić information content (AvgIpc) is 2.36. The van der Waals surface area contributed by atoms with E-state index in [-0.39, 0.29) is 0 Å². The topological polar surface area (TPSA) is 61.4 Å². The van der Waals surface area contributed by atoms with Crippen molar-refractivity contribution < 1.29 is 9.59 Å². The van der Waals surface area contributed by atoms with Gasteiger partial charge in [0, 0.05) is 16.7 Å². The zero-order valence-corrected chi connectivity index (χ0v) is 12.7. The van der Waals surface area contributed by atoms with Gasteiger partial charge in [0.15, 0.2) is 0 Å². The van der Waals surface area contributed by atoms with Crippen molar-refractivity contribution in [1.82, 2.24) is 10.2 Å². The molecule has 2 N–H and O–H groups in total. The molecule has 0 radical (unpaired) electrons. The van der Waals surface area contributed by atoms with E-state index in [2.05, 4.69) is 26.6 Å². The van der Waals surface area contributed by atoms with Crippen LogP contribution in [-0.2, 0) is 9.59 Å². The van der Waals surface area contributed by atoms with E-state index in [4.69, 9.17) is 0 Å². The molecule has 0 spiro atoms. The van der Waals surface area contributed by atoms with Crippen LogP contribution in [0.25, 0.3) is 0 Å². The molecule has 2 amide bonds. The molecule has 5 nitrogen and oxygen atoms in total. The lowest BCUT2D eigenvalue weighted by Gasteiger charge is -2.10. The normalized spacial score (nSPS) is 10.3. The molecule has 0 heterocycles. The Labute approximate surface area is 121 Å². The maximum Gasteiger partial charge on any atom is 0.313 e. The lowest BCUT2D eigenvalue weighted by atomic mass is 10.3. The number of nitrogens with zero attached hydrogens (tertiary/aromatic N) is 1. The number of carbonyl (C=O) groups excluding carboxylic acids is 2. The van der Waals surface area contributed by atoms with Crippen LogP contribution in [0.15, 0.2) is 28.7 Å². The molecule has 0 aliphatic carbocycles. The molecule has 0 aliphatic heterocycles. The first-order chi connectivity index (χ1) is 8.99. The molecule has 0 unspecified atom stereocenters. The first kappa shape index (κ1) is 15.7. The van der Waals surface area contributed by atoms with Gasteiger partial charge in [-0.3, -0.25) is 9.59 Å². The third-order valence-corrected chi connectivity index (χ3v) is 2.90. The summed E-state index contributed by atoms with van der Waals surface area (Å²) in [6.45, 7) is 1.36. The summed E-state index contributed by atoms with van der Waals surface area (Å²) in [5.41, 5.74) is 0.594. The zero-order chi connectivity index (χ0) is 14.3. The van der Waals surface area contributed by atoms with Crippen molar-refractivity contribution in [1.29, 1.82) is 0 Å². The molecule has 0 saturated carbocycles. The number of hydrogen-bond donors (Lipinski definition) is 2. The van der Waals surface area contributed by atoms with Crippen LogP contribution in [0.5, 0.6) is 0 Å². The molecule has 1 aromatic rings. The van der Waals surface area contributed by atoms with Crippen molar-refractivity contribution in [2.24, 2.45) is 0 Å². The monoisotopic (exact) mass is 327 g/mol. The quantitative estimate of drug-likeness (QED) is 0.635. The fraction of sp³-hybridized carbons (Fsp3) is 0.385. The Bertz CT molecular complexity index is 432. The van der Waals surface area contributed by atoms with Crippen molar-refractivity contribution in [2.75, 3.05) is 32.5 Å². The molecule has 6 heteroatoms. The van der Waals surface area contributed by atoms with E-state index < -0.39 is 11.8 Å². The van der Waals surface area contributed by atoms with Gasteiger partial charge in [-0.1, -0.05) is 15.9 Å². The number of halogens is 1. The van der Waals surface area contributed by atoms with Crippen molar-refractivity contribution in [3.8, 4) is 0 Å². The predicted octanol–water partition coefficient (Wildman–Crippen LogP) is 1.46. The number of hydrogen-bond acceptors (Lipinski definition) is 3. The highest BCUT2D eigenvalue weighted by Crippen LogP contribution is 2.13. The second kappa shape index (κ2) is 7.91. The molecular formula is C13H18BrN3O2. The highest BCUT2D eigenvalue weighted by molar-refractivity contribution is 9.10. The van der Waals surface area contributed by atoms with E-state index in [0.717, 1.165) is 17.4 Å². The smallest absolute Gasteiger partial charge is 0.313 e. The molecule has 0 aromatic heterocycles. The Kier molecular flexibility index (Phi) is 6.52. The first-order valence-electron chi connectivity index (χ1n) is 5.98. The standard InChI is InChI=1S/C13H18BrN3O2/c1-17(2)9-3-8-15-12(18)13(19)16-11-6-4-10(14)5-7-11/h4-7H,3,8-9H2,1-2H3,(H,15,18)(H,16,19). The lowest BCUT2D eigenvalue weighted by Crippen LogP contribution is -2.36. The van der Waals surface area contributed by atoms with Gasteiger partial charge in [-0.15, -0.1) is 0 Å². The molecule has 0 aliphatic rings. The SMILES string of the molecule is CN(C)CCCNC(=O)C(=O)Nc1ccc(Br)cc1.